The Hall–Kier alpha value is -1.91. The van der Waals surface area contributed by atoms with Gasteiger partial charge in [-0.15, -0.1) is 0 Å². The Bertz CT molecular complexity index is 771. The Kier molecular flexibility index (Phi) is 4.61. The third kappa shape index (κ3) is 2.92. The van der Waals surface area contributed by atoms with Gasteiger partial charge in [-0.05, 0) is 38.3 Å². The Morgan fingerprint density at radius 1 is 1.29 bits per heavy atom. The van der Waals surface area contributed by atoms with E-state index in [2.05, 4.69) is 6.08 Å². The van der Waals surface area contributed by atoms with Crippen LogP contribution in [0.4, 0.5) is 4.32 Å². The first-order valence-corrected chi connectivity index (χ1v) is 8.80. The highest BCUT2D eigenvalue weighted by molar-refractivity contribution is 6.43. The van der Waals surface area contributed by atoms with E-state index in [-0.39, 0.29) is 5.92 Å². The van der Waals surface area contributed by atoms with Crippen molar-refractivity contribution in [2.24, 2.45) is 5.92 Å². The van der Waals surface area contributed by atoms with Crippen molar-refractivity contribution in [3.63, 3.8) is 0 Å². The number of carbonyl (C=O) groups is 1. The molecule has 0 saturated heterocycles. The molecule has 0 aliphatic carbocycles. The van der Waals surface area contributed by atoms with Crippen LogP contribution in [0.15, 0.2) is 23.9 Å². The lowest BCUT2D eigenvalue weighted by Crippen LogP contribution is -2.39. The molecule has 0 saturated carbocycles. The van der Waals surface area contributed by atoms with Gasteiger partial charge in [0, 0.05) is 48.4 Å². The van der Waals surface area contributed by atoms with E-state index in [4.69, 9.17) is 0 Å². The number of carbonyl (C=O) groups excluding carboxylic acids is 1. The summed E-state index contributed by atoms with van der Waals surface area (Å²) in [6.45, 7) is 7.85. The second-order valence-corrected chi connectivity index (χ2v) is 7.13. The number of aromatic nitrogens is 1. The summed E-state index contributed by atoms with van der Waals surface area (Å²) in [5.74, 6) is 0.418. The van der Waals surface area contributed by atoms with Gasteiger partial charge in [0.15, 0.2) is 11.4 Å². The van der Waals surface area contributed by atoms with Crippen molar-refractivity contribution in [2.45, 2.75) is 53.4 Å². The molecule has 3 rings (SSSR count). The molecule has 3 nitrogen and oxygen atoms in total. The van der Waals surface area contributed by atoms with Crippen molar-refractivity contribution in [3.05, 3.63) is 40.9 Å². The van der Waals surface area contributed by atoms with Crippen LogP contribution in [0, 0.1) is 19.8 Å². The molecule has 2 aliphatic heterocycles. The molecule has 0 amide bonds. The van der Waals surface area contributed by atoms with E-state index < -0.39 is 7.26 Å². The molecule has 0 N–H and O–H groups in total. The van der Waals surface area contributed by atoms with Gasteiger partial charge < -0.3 is 0 Å². The number of hydrogen-bond donors (Lipinski definition) is 0. The third-order valence-electron chi connectivity index (χ3n) is 4.96. The number of allylic oxidation sites excluding steroid dienone is 2. The van der Waals surface area contributed by atoms with Crippen molar-refractivity contribution in [3.8, 4) is 0 Å². The maximum atomic E-state index is 15.1. The molecule has 1 aromatic heterocycles. The van der Waals surface area contributed by atoms with Crippen molar-refractivity contribution in [1.82, 2.24) is 4.48 Å². The zero-order valence-electron chi connectivity index (χ0n) is 15.0. The van der Waals surface area contributed by atoms with Gasteiger partial charge in [0.2, 0.25) is 0 Å². The summed E-state index contributed by atoms with van der Waals surface area (Å²) in [6, 6.07) is 2.03. The fourth-order valence-electron chi connectivity index (χ4n) is 3.54. The molecular weight excluding hydrogens is 302 g/mol. The summed E-state index contributed by atoms with van der Waals surface area (Å²) >= 11 is 0. The van der Waals surface area contributed by atoms with Gasteiger partial charge in [-0.1, -0.05) is 13.8 Å². The zero-order valence-corrected chi connectivity index (χ0v) is 15.0. The molecule has 3 heterocycles. The normalized spacial score (nSPS) is 15.9. The Morgan fingerprint density at radius 2 is 2.04 bits per heavy atom. The summed E-state index contributed by atoms with van der Waals surface area (Å²) in [4.78, 5) is 11.7. The van der Waals surface area contributed by atoms with E-state index >= 15 is 4.32 Å². The van der Waals surface area contributed by atoms with Gasteiger partial charge in [0.25, 0.3) is 0 Å². The molecule has 0 atom stereocenters. The van der Waals surface area contributed by atoms with Gasteiger partial charge in [-0.25, -0.2) is 8.80 Å². The summed E-state index contributed by atoms with van der Waals surface area (Å²) in [5.41, 5.74) is 4.93. The molecule has 0 fully saturated rings. The lowest BCUT2D eigenvalue weighted by molar-refractivity contribution is -0.335. The third-order valence-corrected chi connectivity index (χ3v) is 4.96. The number of Topliss-reactive ketones (excluding diaryl/α,β-unsaturated/α-hetero) is 1. The molecule has 24 heavy (non-hydrogen) atoms. The van der Waals surface area contributed by atoms with Crippen LogP contribution in [0.2, 0.25) is 0 Å². The number of ketones is 1. The van der Waals surface area contributed by atoms with Crippen LogP contribution < -0.4 is 0 Å². The van der Waals surface area contributed by atoms with Crippen molar-refractivity contribution in [1.29, 1.82) is 0 Å². The van der Waals surface area contributed by atoms with E-state index in [9.17, 15) is 4.79 Å². The molecule has 0 aromatic carbocycles. The second-order valence-electron chi connectivity index (χ2n) is 7.13. The highest BCUT2D eigenvalue weighted by atomic mass is 19.1. The molecule has 1 aromatic rings. The van der Waals surface area contributed by atoms with Gasteiger partial charge >= 0.3 is 7.26 Å². The van der Waals surface area contributed by atoms with Crippen LogP contribution in [0.5, 0.6) is 0 Å². The van der Waals surface area contributed by atoms with E-state index in [1.807, 2.05) is 45.9 Å². The van der Waals surface area contributed by atoms with Crippen molar-refractivity contribution in [2.75, 3.05) is 0 Å². The molecular formula is C19H25BFN2O+. The molecule has 0 unspecified atom stereocenters. The molecule has 0 spiro atoms. The lowest BCUT2D eigenvalue weighted by Gasteiger charge is -2.15. The fourth-order valence-corrected chi connectivity index (χ4v) is 3.54. The highest BCUT2D eigenvalue weighted by Gasteiger charge is 2.47. The average molecular weight is 327 g/mol. The predicted octanol–water partition coefficient (Wildman–Crippen LogP) is 4.07. The minimum Gasteiger partial charge on any atom is -0.299 e. The number of fused-ring (bicyclic) bond motifs is 2. The number of nitrogens with zero attached hydrogens (tertiary/aromatic N) is 2. The topological polar surface area (TPSA) is 25.0 Å². The van der Waals surface area contributed by atoms with Gasteiger partial charge in [-0.2, -0.15) is 0 Å². The van der Waals surface area contributed by atoms with E-state index in [1.165, 1.54) is 0 Å². The molecule has 5 heteroatoms. The summed E-state index contributed by atoms with van der Waals surface area (Å²) in [5, 5.41) is 0. The predicted molar refractivity (Wildman–Crippen MR) is 96.9 cm³/mol. The maximum absolute atomic E-state index is 15.1. The maximum Gasteiger partial charge on any atom is 0.846 e. The van der Waals surface area contributed by atoms with Gasteiger partial charge in [0.05, 0.1) is 0 Å². The first kappa shape index (κ1) is 16.9. The number of aryl methyl sites for hydroxylation is 2. The highest BCUT2D eigenvalue weighted by Crippen LogP contribution is 2.28. The van der Waals surface area contributed by atoms with E-state index in [0.717, 1.165) is 47.6 Å². The molecule has 2 aliphatic rings. The summed E-state index contributed by atoms with van der Waals surface area (Å²) in [7, 11) is -1.18. The number of rotatable bonds is 6. The van der Waals surface area contributed by atoms with Crippen LogP contribution in [0.25, 0.3) is 6.08 Å². The SMILES string of the molecule is Cc1cc(C)n2c1C=C1C=CC(CCCCC(=O)C(C)C)=[N+]1B2F. The van der Waals surface area contributed by atoms with Crippen LogP contribution in [-0.2, 0) is 4.79 Å². The van der Waals surface area contributed by atoms with Crippen LogP contribution in [-0.4, -0.2) is 27.7 Å². The number of hydrogen-bond acceptors (Lipinski definition) is 1. The standard InChI is InChI=1S/C19H25BFN2O/c1-13(2)19(24)8-6-5-7-16-9-10-17-12-18-14(3)11-15(4)22(18)20(21)23(16)17/h9-13H,5-8H2,1-4H3/q+1. The Balaban J connectivity index is 1.74. The minimum atomic E-state index is -1.18. The molecule has 0 bridgehead atoms. The lowest BCUT2D eigenvalue weighted by atomic mass is 9.96. The smallest absolute Gasteiger partial charge is 0.299 e. The van der Waals surface area contributed by atoms with E-state index in [0.29, 0.717) is 12.2 Å². The Morgan fingerprint density at radius 3 is 2.75 bits per heavy atom. The Labute approximate surface area is 143 Å². The number of halogens is 1. The largest absolute Gasteiger partial charge is 0.846 e. The van der Waals surface area contributed by atoms with Crippen LogP contribution in [0.3, 0.4) is 0 Å². The minimum absolute atomic E-state index is 0.106. The quantitative estimate of drug-likeness (QED) is 0.571. The molecule has 0 radical (unpaired) electrons. The average Bonchev–Trinajstić information content (AvgIpc) is 3.05. The summed E-state index contributed by atoms with van der Waals surface area (Å²) < 4.78 is 18.7. The van der Waals surface area contributed by atoms with Crippen LogP contribution in [0.1, 0.15) is 56.5 Å². The second kappa shape index (κ2) is 6.54. The summed E-state index contributed by atoms with van der Waals surface area (Å²) in [6.07, 6.45) is 9.26. The zero-order chi connectivity index (χ0) is 17.4. The van der Waals surface area contributed by atoms with Crippen LogP contribution >= 0.6 is 0 Å². The first-order valence-electron chi connectivity index (χ1n) is 8.80. The van der Waals surface area contributed by atoms with E-state index in [1.54, 1.807) is 8.96 Å². The van der Waals surface area contributed by atoms with Gasteiger partial charge in [-0.3, -0.25) is 9.27 Å². The fraction of sp³-hybridized carbons (Fsp3) is 0.474. The van der Waals surface area contributed by atoms with Crippen molar-refractivity contribution >= 4 is 24.8 Å². The van der Waals surface area contributed by atoms with Crippen molar-refractivity contribution < 1.29 is 13.6 Å². The first-order chi connectivity index (χ1) is 11.4. The van der Waals surface area contributed by atoms with Gasteiger partial charge in [0.1, 0.15) is 5.78 Å². The molecule has 126 valence electrons. The number of unbranched alkanes of at least 4 members (excludes halogenated alkanes) is 1. The monoisotopic (exact) mass is 327 g/mol.